The normalized spacial score (nSPS) is 22.8. The number of carbonyl (C=O) groups excluding carboxylic acids is 1. The number of carbonyl (C=O) groups is 1. The number of hydrogen-bond donors (Lipinski definition) is 1. The van der Waals surface area contributed by atoms with Crippen LogP contribution in [0.25, 0.3) is 16.8 Å². The van der Waals surface area contributed by atoms with Crippen LogP contribution in [0, 0.1) is 34.4 Å². The molecule has 2 heterocycles. The molecule has 2 aromatic carbocycles. The number of nitrogens with zero attached hydrogens (tertiary/aromatic N) is 5. The molecule has 3 aromatic rings. The second-order valence-corrected chi connectivity index (χ2v) is 11.6. The zero-order valence-corrected chi connectivity index (χ0v) is 22.8. The van der Waals surface area contributed by atoms with Gasteiger partial charge in [-0.1, -0.05) is 25.0 Å². The van der Waals surface area contributed by atoms with Crippen LogP contribution in [0.3, 0.4) is 0 Å². The highest BCUT2D eigenvalue weighted by atomic mass is 19.1. The van der Waals surface area contributed by atoms with Gasteiger partial charge in [0.1, 0.15) is 17.4 Å². The lowest BCUT2D eigenvalue weighted by Gasteiger charge is -2.34. The predicted octanol–water partition coefficient (Wildman–Crippen LogP) is 5.96. The standard InChI is InChI=1S/C32H32F2N6O/c33-23-7-11-25(12-8-23)40-19-28(22-5-9-24(10-6-22)39-17-15-31(34,20-35)16-18-39)29(38-40)26-3-1-2-4-27(26)30(41)37-32(21-36)13-14-32/h5-12,19,26-27H,1-4,13-18H2,(H,37,41). The molecule has 6 rings (SSSR count). The Morgan fingerprint density at radius 3 is 2.22 bits per heavy atom. The van der Waals surface area contributed by atoms with E-state index in [1.165, 1.54) is 12.1 Å². The smallest absolute Gasteiger partial charge is 0.225 e. The van der Waals surface area contributed by atoms with E-state index in [0.29, 0.717) is 31.6 Å². The van der Waals surface area contributed by atoms with Crippen LogP contribution in [0.5, 0.6) is 0 Å². The van der Waals surface area contributed by atoms with E-state index in [-0.39, 0.29) is 36.4 Å². The zero-order chi connectivity index (χ0) is 28.6. The summed E-state index contributed by atoms with van der Waals surface area (Å²) >= 11 is 0. The Morgan fingerprint density at radius 2 is 1.59 bits per heavy atom. The number of aromatic nitrogens is 2. The molecule has 2 saturated carbocycles. The van der Waals surface area contributed by atoms with Gasteiger partial charge in [0, 0.05) is 55.2 Å². The quantitative estimate of drug-likeness (QED) is 0.406. The van der Waals surface area contributed by atoms with E-state index in [4.69, 9.17) is 10.4 Å². The second-order valence-electron chi connectivity index (χ2n) is 11.6. The Kier molecular flexibility index (Phi) is 6.99. The molecule has 1 N–H and O–H groups in total. The molecule has 41 heavy (non-hydrogen) atoms. The average molecular weight is 555 g/mol. The van der Waals surface area contributed by atoms with E-state index in [0.717, 1.165) is 48.2 Å². The molecule has 2 atom stereocenters. The van der Waals surface area contributed by atoms with Gasteiger partial charge in [-0.15, -0.1) is 0 Å². The molecule has 0 bridgehead atoms. The van der Waals surface area contributed by atoms with Gasteiger partial charge in [0.2, 0.25) is 5.91 Å². The Morgan fingerprint density at radius 1 is 0.927 bits per heavy atom. The van der Waals surface area contributed by atoms with Crippen molar-refractivity contribution in [2.75, 3.05) is 18.0 Å². The van der Waals surface area contributed by atoms with E-state index < -0.39 is 11.2 Å². The molecule has 3 fully saturated rings. The summed E-state index contributed by atoms with van der Waals surface area (Å²) in [4.78, 5) is 15.5. The number of piperidine rings is 1. The molecule has 1 aromatic heterocycles. The fourth-order valence-electron chi connectivity index (χ4n) is 6.18. The maximum atomic E-state index is 14.4. The van der Waals surface area contributed by atoms with Gasteiger partial charge in [-0.3, -0.25) is 4.79 Å². The molecular formula is C32H32F2N6O. The number of alkyl halides is 1. The van der Waals surface area contributed by atoms with Crippen molar-refractivity contribution in [3.05, 3.63) is 66.2 Å². The van der Waals surface area contributed by atoms with Crippen molar-refractivity contribution < 1.29 is 13.6 Å². The number of halogens is 2. The third kappa shape index (κ3) is 5.41. The first-order valence-corrected chi connectivity index (χ1v) is 14.4. The summed E-state index contributed by atoms with van der Waals surface area (Å²) in [5.74, 6) is -0.832. The van der Waals surface area contributed by atoms with Crippen LogP contribution < -0.4 is 10.2 Å². The van der Waals surface area contributed by atoms with Crippen molar-refractivity contribution in [2.24, 2.45) is 5.92 Å². The fraction of sp³-hybridized carbons (Fsp3) is 0.438. The van der Waals surface area contributed by atoms with Gasteiger partial charge >= 0.3 is 0 Å². The Labute approximate surface area is 238 Å². The molecule has 1 aliphatic heterocycles. The number of hydrogen-bond acceptors (Lipinski definition) is 5. The fourth-order valence-corrected chi connectivity index (χ4v) is 6.18. The first-order valence-electron chi connectivity index (χ1n) is 14.4. The maximum Gasteiger partial charge on any atom is 0.225 e. The van der Waals surface area contributed by atoms with Crippen LogP contribution in [-0.4, -0.2) is 40.0 Å². The molecule has 3 aliphatic rings. The highest BCUT2D eigenvalue weighted by Crippen LogP contribution is 2.43. The first kappa shape index (κ1) is 27.0. The molecule has 1 amide bonds. The molecule has 210 valence electrons. The molecule has 0 spiro atoms. The van der Waals surface area contributed by atoms with Crippen LogP contribution in [0.15, 0.2) is 54.7 Å². The zero-order valence-electron chi connectivity index (χ0n) is 22.8. The maximum absolute atomic E-state index is 14.4. The number of amides is 1. The summed E-state index contributed by atoms with van der Waals surface area (Å²) < 4.78 is 29.8. The lowest BCUT2D eigenvalue weighted by Crippen LogP contribution is -2.42. The van der Waals surface area contributed by atoms with Crippen LogP contribution in [0.4, 0.5) is 14.5 Å². The van der Waals surface area contributed by atoms with Gasteiger partial charge in [0.25, 0.3) is 0 Å². The van der Waals surface area contributed by atoms with Crippen molar-refractivity contribution in [3.63, 3.8) is 0 Å². The van der Waals surface area contributed by atoms with Gasteiger partial charge < -0.3 is 10.2 Å². The van der Waals surface area contributed by atoms with Gasteiger partial charge in [0.05, 0.1) is 17.5 Å². The minimum absolute atomic E-state index is 0.0854. The van der Waals surface area contributed by atoms with Gasteiger partial charge in [-0.05, 0) is 67.6 Å². The van der Waals surface area contributed by atoms with Crippen molar-refractivity contribution in [1.29, 1.82) is 10.5 Å². The second kappa shape index (κ2) is 10.6. The van der Waals surface area contributed by atoms with Crippen molar-refractivity contribution in [1.82, 2.24) is 15.1 Å². The van der Waals surface area contributed by atoms with E-state index >= 15 is 0 Å². The first-order chi connectivity index (χ1) is 19.8. The highest BCUT2D eigenvalue weighted by Gasteiger charge is 2.47. The number of rotatable bonds is 6. The lowest BCUT2D eigenvalue weighted by atomic mass is 9.75. The summed E-state index contributed by atoms with van der Waals surface area (Å²) in [6, 6.07) is 18.2. The number of nitrogens with one attached hydrogen (secondary N) is 1. The summed E-state index contributed by atoms with van der Waals surface area (Å²) in [5.41, 5.74) is 1.85. The summed E-state index contributed by atoms with van der Waals surface area (Å²) in [5, 5.41) is 26.7. The van der Waals surface area contributed by atoms with Crippen LogP contribution >= 0.6 is 0 Å². The number of benzene rings is 2. The van der Waals surface area contributed by atoms with Gasteiger partial charge in [-0.25, -0.2) is 13.5 Å². The third-order valence-electron chi connectivity index (χ3n) is 8.91. The van der Waals surface area contributed by atoms with Crippen LogP contribution in [-0.2, 0) is 4.79 Å². The summed E-state index contributed by atoms with van der Waals surface area (Å²) in [6.45, 7) is 0.945. The monoisotopic (exact) mass is 554 g/mol. The van der Waals surface area contributed by atoms with Crippen molar-refractivity contribution in [2.45, 2.75) is 68.5 Å². The Hall–Kier alpha value is -4.24. The average Bonchev–Trinajstić information content (AvgIpc) is 3.64. The van der Waals surface area contributed by atoms with E-state index in [9.17, 15) is 18.8 Å². The van der Waals surface area contributed by atoms with Crippen molar-refractivity contribution in [3.8, 4) is 29.0 Å². The SMILES string of the molecule is N#CC1(F)CCN(c2ccc(-c3cn(-c4ccc(F)cc4)nc3C3CCCCC3C(=O)NC3(C#N)CC3)cc2)CC1. The Balaban J connectivity index is 1.33. The minimum Gasteiger partial charge on any atom is -0.371 e. The van der Waals surface area contributed by atoms with E-state index in [2.05, 4.69) is 16.3 Å². The Bertz CT molecular complexity index is 1510. The molecule has 2 aliphatic carbocycles. The topological polar surface area (TPSA) is 97.7 Å². The van der Waals surface area contributed by atoms with Crippen LogP contribution in [0.1, 0.15) is 63.0 Å². The molecular weight excluding hydrogens is 522 g/mol. The minimum atomic E-state index is -1.75. The molecule has 1 saturated heterocycles. The van der Waals surface area contributed by atoms with Gasteiger partial charge in [0.15, 0.2) is 5.67 Å². The van der Waals surface area contributed by atoms with E-state index in [1.807, 2.05) is 30.5 Å². The predicted molar refractivity (Wildman–Crippen MR) is 150 cm³/mol. The molecule has 7 nitrogen and oxygen atoms in total. The lowest BCUT2D eigenvalue weighted by molar-refractivity contribution is -0.127. The third-order valence-corrected chi connectivity index (χ3v) is 8.91. The molecule has 9 heteroatoms. The van der Waals surface area contributed by atoms with Crippen molar-refractivity contribution >= 4 is 11.6 Å². The highest BCUT2D eigenvalue weighted by molar-refractivity contribution is 5.82. The van der Waals surface area contributed by atoms with Gasteiger partial charge in [-0.2, -0.15) is 15.6 Å². The summed E-state index contributed by atoms with van der Waals surface area (Å²) in [7, 11) is 0. The summed E-state index contributed by atoms with van der Waals surface area (Å²) in [6.07, 6.45) is 7.12. The number of nitriles is 2. The molecule has 2 unspecified atom stereocenters. The largest absolute Gasteiger partial charge is 0.371 e. The number of anilines is 1. The van der Waals surface area contributed by atoms with E-state index in [1.54, 1.807) is 22.9 Å². The molecule has 0 radical (unpaired) electrons. The van der Waals surface area contributed by atoms with Crippen LogP contribution in [0.2, 0.25) is 0 Å².